The summed E-state index contributed by atoms with van der Waals surface area (Å²) >= 11 is 0. The summed E-state index contributed by atoms with van der Waals surface area (Å²) in [6, 6.07) is 20.1. The second-order valence-electron chi connectivity index (χ2n) is 9.22. The number of ether oxygens (including phenoxy) is 3. The van der Waals surface area contributed by atoms with Crippen molar-refractivity contribution in [3.05, 3.63) is 78.4 Å². The number of hydrogen-bond donors (Lipinski definition) is 1. The summed E-state index contributed by atoms with van der Waals surface area (Å²) in [6.07, 6.45) is 2.15. The van der Waals surface area contributed by atoms with Gasteiger partial charge in [-0.1, -0.05) is 50.2 Å². The number of benzene rings is 3. The van der Waals surface area contributed by atoms with Gasteiger partial charge >= 0.3 is 0 Å². The smallest absolute Gasteiger partial charge is 0.264 e. The Labute approximate surface area is 224 Å². The van der Waals surface area contributed by atoms with Gasteiger partial charge < -0.3 is 19.5 Å². The van der Waals surface area contributed by atoms with E-state index >= 15 is 0 Å². The van der Waals surface area contributed by atoms with Crippen molar-refractivity contribution in [2.75, 3.05) is 25.1 Å². The van der Waals surface area contributed by atoms with Gasteiger partial charge in [-0.3, -0.25) is 9.10 Å². The molecule has 4 rings (SSSR count). The minimum Gasteiger partial charge on any atom is -0.493 e. The van der Waals surface area contributed by atoms with Gasteiger partial charge in [0.25, 0.3) is 10.0 Å². The van der Waals surface area contributed by atoms with Crippen molar-refractivity contribution in [2.45, 2.75) is 49.6 Å². The van der Waals surface area contributed by atoms with E-state index in [1.54, 1.807) is 36.4 Å². The molecule has 0 fully saturated rings. The molecule has 0 radical (unpaired) electrons. The van der Waals surface area contributed by atoms with Crippen molar-refractivity contribution >= 4 is 21.6 Å². The number of nitrogens with one attached hydrogen (secondary N) is 1. The fraction of sp³-hybridized carbons (Fsp3) is 0.345. The Bertz CT molecular complexity index is 1370. The van der Waals surface area contributed by atoms with Gasteiger partial charge in [0.1, 0.15) is 17.9 Å². The maximum atomic E-state index is 13.8. The van der Waals surface area contributed by atoms with E-state index in [2.05, 4.69) is 19.2 Å². The molecule has 1 aliphatic heterocycles. The van der Waals surface area contributed by atoms with Crippen molar-refractivity contribution in [1.29, 1.82) is 0 Å². The highest BCUT2D eigenvalue weighted by Gasteiger charge is 2.39. The first kappa shape index (κ1) is 27.3. The Morgan fingerprint density at radius 1 is 0.974 bits per heavy atom. The Morgan fingerprint density at radius 2 is 1.63 bits per heavy atom. The Kier molecular flexibility index (Phi) is 8.16. The molecule has 0 aromatic heterocycles. The topological polar surface area (TPSA) is 94.2 Å². The van der Waals surface area contributed by atoms with E-state index in [-0.39, 0.29) is 16.6 Å². The van der Waals surface area contributed by atoms with Crippen LogP contribution in [0.15, 0.2) is 77.7 Å². The minimum absolute atomic E-state index is 0.0787. The van der Waals surface area contributed by atoms with Crippen LogP contribution in [-0.4, -0.2) is 40.7 Å². The third kappa shape index (κ3) is 5.43. The lowest BCUT2D eigenvalue weighted by atomic mass is 9.83. The van der Waals surface area contributed by atoms with Gasteiger partial charge in [-0.2, -0.15) is 0 Å². The molecule has 3 aromatic rings. The lowest BCUT2D eigenvalue weighted by Crippen LogP contribution is -2.47. The molecule has 8 nitrogen and oxygen atoms in total. The number of carbonyl (C=O) groups excluding carboxylic acids is 1. The number of amides is 1. The molecule has 0 saturated carbocycles. The average molecular weight is 539 g/mol. The molecule has 1 unspecified atom stereocenters. The maximum Gasteiger partial charge on any atom is 0.264 e. The van der Waals surface area contributed by atoms with E-state index in [9.17, 15) is 13.2 Å². The summed E-state index contributed by atoms with van der Waals surface area (Å²) in [5.74, 6) is 1.11. The molecule has 202 valence electrons. The Hall–Kier alpha value is -3.72. The average Bonchev–Trinajstić information content (AvgIpc) is 2.95. The van der Waals surface area contributed by atoms with Crippen LogP contribution >= 0.6 is 0 Å². The highest BCUT2D eigenvalue weighted by Crippen LogP contribution is 2.42. The summed E-state index contributed by atoms with van der Waals surface area (Å²) in [4.78, 5) is 13.6. The third-order valence-corrected chi connectivity index (χ3v) is 8.88. The normalized spacial score (nSPS) is 16.1. The standard InChI is InChI=1S/C29H34N2O6S/c1-5-29(6-2)19-24(23-14-10-11-15-25(23)37-29)30-28(32)20-31(38(33,34)22-12-8-7-9-13-22)21-16-17-26(35-3)27(18-21)36-4/h7-18,24H,5-6,19-20H2,1-4H3,(H,30,32). The summed E-state index contributed by atoms with van der Waals surface area (Å²) in [7, 11) is -1.10. The second-order valence-corrected chi connectivity index (χ2v) is 11.1. The van der Waals surface area contributed by atoms with E-state index in [1.807, 2.05) is 24.3 Å². The fourth-order valence-electron chi connectivity index (χ4n) is 4.82. The lowest BCUT2D eigenvalue weighted by Gasteiger charge is -2.41. The molecule has 1 N–H and O–H groups in total. The minimum atomic E-state index is -4.08. The molecular weight excluding hydrogens is 504 g/mol. The number of sulfonamides is 1. The van der Waals surface area contributed by atoms with E-state index in [0.29, 0.717) is 17.9 Å². The monoisotopic (exact) mass is 538 g/mol. The summed E-state index contributed by atoms with van der Waals surface area (Å²) in [6.45, 7) is 3.72. The summed E-state index contributed by atoms with van der Waals surface area (Å²) in [5, 5.41) is 3.09. The van der Waals surface area contributed by atoms with Crippen molar-refractivity contribution in [2.24, 2.45) is 0 Å². The number of nitrogens with zero attached hydrogens (tertiary/aromatic N) is 1. The first-order valence-corrected chi connectivity index (χ1v) is 14.1. The van der Waals surface area contributed by atoms with Crippen LogP contribution in [0.3, 0.4) is 0 Å². The molecule has 0 aliphatic carbocycles. The number of carbonyl (C=O) groups is 1. The van der Waals surface area contributed by atoms with Crippen molar-refractivity contribution in [3.63, 3.8) is 0 Å². The zero-order chi connectivity index (χ0) is 27.3. The van der Waals surface area contributed by atoms with Gasteiger partial charge in [-0.25, -0.2) is 8.42 Å². The van der Waals surface area contributed by atoms with Gasteiger partial charge in [-0.05, 0) is 43.2 Å². The van der Waals surface area contributed by atoms with Crippen molar-refractivity contribution in [1.82, 2.24) is 5.32 Å². The SMILES string of the molecule is CCC1(CC)CC(NC(=O)CN(c2ccc(OC)c(OC)c2)S(=O)(=O)c2ccccc2)c2ccccc2O1. The van der Waals surface area contributed by atoms with Gasteiger partial charge in [-0.15, -0.1) is 0 Å². The van der Waals surface area contributed by atoms with E-state index < -0.39 is 28.1 Å². The van der Waals surface area contributed by atoms with Crippen molar-refractivity contribution < 1.29 is 27.4 Å². The fourth-order valence-corrected chi connectivity index (χ4v) is 6.25. The van der Waals surface area contributed by atoms with Gasteiger partial charge in [0.15, 0.2) is 11.5 Å². The number of fused-ring (bicyclic) bond motifs is 1. The second kappa shape index (κ2) is 11.3. The Balaban J connectivity index is 1.69. The quantitative estimate of drug-likeness (QED) is 0.386. The zero-order valence-electron chi connectivity index (χ0n) is 22.1. The molecule has 1 heterocycles. The van der Waals surface area contributed by atoms with E-state index in [1.165, 1.54) is 26.4 Å². The Morgan fingerprint density at radius 3 is 2.29 bits per heavy atom. The first-order chi connectivity index (χ1) is 18.3. The molecule has 9 heteroatoms. The predicted molar refractivity (Wildman–Crippen MR) is 146 cm³/mol. The summed E-state index contributed by atoms with van der Waals surface area (Å²) in [5.41, 5.74) is 0.748. The maximum absolute atomic E-state index is 13.8. The van der Waals surface area contributed by atoms with Crippen LogP contribution in [0.1, 0.15) is 44.7 Å². The molecule has 1 amide bonds. The first-order valence-electron chi connectivity index (χ1n) is 12.6. The number of hydrogen-bond acceptors (Lipinski definition) is 6. The third-order valence-electron chi connectivity index (χ3n) is 7.09. The predicted octanol–water partition coefficient (Wildman–Crippen LogP) is 5.10. The molecule has 38 heavy (non-hydrogen) atoms. The molecule has 0 bridgehead atoms. The highest BCUT2D eigenvalue weighted by molar-refractivity contribution is 7.92. The zero-order valence-corrected chi connectivity index (χ0v) is 23.0. The molecule has 0 saturated heterocycles. The van der Waals surface area contributed by atoms with Crippen LogP contribution in [-0.2, 0) is 14.8 Å². The number of rotatable bonds is 10. The van der Waals surface area contributed by atoms with Crippen LogP contribution in [0.5, 0.6) is 17.2 Å². The van der Waals surface area contributed by atoms with E-state index in [0.717, 1.165) is 28.5 Å². The molecule has 0 spiro atoms. The van der Waals surface area contributed by atoms with Gasteiger partial charge in [0.2, 0.25) is 5.91 Å². The van der Waals surface area contributed by atoms with Crippen LogP contribution in [0, 0.1) is 0 Å². The highest BCUT2D eigenvalue weighted by atomic mass is 32.2. The lowest BCUT2D eigenvalue weighted by molar-refractivity contribution is -0.121. The molecule has 1 aliphatic rings. The van der Waals surface area contributed by atoms with Crippen LogP contribution in [0.25, 0.3) is 0 Å². The van der Waals surface area contributed by atoms with Crippen LogP contribution in [0.2, 0.25) is 0 Å². The van der Waals surface area contributed by atoms with E-state index in [4.69, 9.17) is 14.2 Å². The van der Waals surface area contributed by atoms with Crippen LogP contribution in [0.4, 0.5) is 5.69 Å². The molecular formula is C29H34N2O6S. The molecule has 3 aromatic carbocycles. The number of methoxy groups -OCH3 is 2. The number of para-hydroxylation sites is 1. The van der Waals surface area contributed by atoms with Crippen LogP contribution < -0.4 is 23.8 Å². The largest absolute Gasteiger partial charge is 0.493 e. The van der Waals surface area contributed by atoms with Gasteiger partial charge in [0.05, 0.1) is 30.8 Å². The van der Waals surface area contributed by atoms with Gasteiger partial charge in [0, 0.05) is 18.1 Å². The van der Waals surface area contributed by atoms with Crippen molar-refractivity contribution in [3.8, 4) is 17.2 Å². The summed E-state index contributed by atoms with van der Waals surface area (Å²) < 4.78 is 45.7. The number of anilines is 1. The molecule has 1 atom stereocenters.